The van der Waals surface area contributed by atoms with E-state index in [1.54, 1.807) is 6.20 Å². The first kappa shape index (κ1) is 17.5. The Bertz CT molecular complexity index is 714. The summed E-state index contributed by atoms with van der Waals surface area (Å²) in [4.78, 5) is 11.4. The molecule has 2 aromatic rings. The lowest BCUT2D eigenvalue weighted by Gasteiger charge is -2.46. The van der Waals surface area contributed by atoms with E-state index >= 15 is 0 Å². The quantitative estimate of drug-likeness (QED) is 0.854. The molecule has 2 aromatic heterocycles. The number of anilines is 1. The van der Waals surface area contributed by atoms with Gasteiger partial charge in [-0.15, -0.1) is 0 Å². The average molecular weight is 355 g/mol. The fourth-order valence-electron chi connectivity index (χ4n) is 4.60. The molecule has 0 spiro atoms. The third kappa shape index (κ3) is 3.62. The predicted octanol–water partition coefficient (Wildman–Crippen LogP) is 2.95. The van der Waals surface area contributed by atoms with Gasteiger partial charge in [0, 0.05) is 49.3 Å². The third-order valence-electron chi connectivity index (χ3n) is 5.94. The fraction of sp³-hybridized carbons (Fsp3) is 0.600. The number of nitrogens with zero attached hydrogens (tertiary/aromatic N) is 4. The first-order chi connectivity index (χ1) is 12.8. The number of nitrogens with two attached hydrogens (primary N) is 1. The SMILES string of the molecule is Nc1cc(-c2nccn2CC2(N3CCOCC3)CCCCCC2)ccn1. The van der Waals surface area contributed by atoms with Crippen LogP contribution in [0.25, 0.3) is 11.4 Å². The second-order valence-corrected chi connectivity index (χ2v) is 7.59. The average Bonchev–Trinajstić information content (AvgIpc) is 2.99. The minimum atomic E-state index is 0.203. The number of rotatable bonds is 4. The van der Waals surface area contributed by atoms with Crippen molar-refractivity contribution in [3.63, 3.8) is 0 Å². The molecule has 0 aromatic carbocycles. The van der Waals surface area contributed by atoms with Gasteiger partial charge in [0.1, 0.15) is 11.6 Å². The number of morpholine rings is 1. The van der Waals surface area contributed by atoms with E-state index in [1.807, 2.05) is 18.3 Å². The van der Waals surface area contributed by atoms with Crippen molar-refractivity contribution in [2.45, 2.75) is 50.6 Å². The Balaban J connectivity index is 1.65. The van der Waals surface area contributed by atoms with Crippen molar-refractivity contribution in [1.82, 2.24) is 19.4 Å². The first-order valence-corrected chi connectivity index (χ1v) is 9.83. The minimum Gasteiger partial charge on any atom is -0.384 e. The van der Waals surface area contributed by atoms with Gasteiger partial charge in [-0.2, -0.15) is 0 Å². The Hall–Kier alpha value is -1.92. The van der Waals surface area contributed by atoms with E-state index in [0.29, 0.717) is 5.82 Å². The molecule has 140 valence electrons. The topological polar surface area (TPSA) is 69.2 Å². The fourth-order valence-corrected chi connectivity index (χ4v) is 4.60. The molecule has 1 aliphatic heterocycles. The summed E-state index contributed by atoms with van der Waals surface area (Å²) in [5.41, 5.74) is 7.13. The Kier molecular flexibility index (Phi) is 5.22. The van der Waals surface area contributed by atoms with Gasteiger partial charge in [0.2, 0.25) is 0 Å². The van der Waals surface area contributed by atoms with Crippen LogP contribution in [-0.2, 0) is 11.3 Å². The number of hydrogen-bond acceptors (Lipinski definition) is 5. The van der Waals surface area contributed by atoms with Gasteiger partial charge in [-0.3, -0.25) is 4.90 Å². The Labute approximate surface area is 155 Å². The predicted molar refractivity (Wildman–Crippen MR) is 103 cm³/mol. The van der Waals surface area contributed by atoms with Gasteiger partial charge < -0.3 is 15.0 Å². The molecular weight excluding hydrogens is 326 g/mol. The maximum absolute atomic E-state index is 5.89. The zero-order valence-corrected chi connectivity index (χ0v) is 15.4. The van der Waals surface area contributed by atoms with E-state index in [2.05, 4.69) is 25.6 Å². The van der Waals surface area contributed by atoms with Crippen LogP contribution in [0, 0.1) is 0 Å². The van der Waals surface area contributed by atoms with Gasteiger partial charge in [-0.05, 0) is 25.0 Å². The van der Waals surface area contributed by atoms with E-state index in [1.165, 1.54) is 38.5 Å². The molecule has 4 rings (SSSR count). The summed E-state index contributed by atoms with van der Waals surface area (Å²) < 4.78 is 7.94. The van der Waals surface area contributed by atoms with Gasteiger partial charge in [0.25, 0.3) is 0 Å². The number of imidazole rings is 1. The molecule has 1 saturated carbocycles. The summed E-state index contributed by atoms with van der Waals surface area (Å²) in [6.07, 6.45) is 13.6. The molecule has 6 nitrogen and oxygen atoms in total. The molecule has 1 saturated heterocycles. The van der Waals surface area contributed by atoms with E-state index in [4.69, 9.17) is 10.5 Å². The van der Waals surface area contributed by atoms with E-state index in [-0.39, 0.29) is 5.54 Å². The highest BCUT2D eigenvalue weighted by Crippen LogP contribution is 2.36. The van der Waals surface area contributed by atoms with Crippen LogP contribution in [0.3, 0.4) is 0 Å². The van der Waals surface area contributed by atoms with Gasteiger partial charge in [0.05, 0.1) is 13.2 Å². The zero-order chi connectivity index (χ0) is 17.8. The molecule has 6 heteroatoms. The number of pyridine rings is 1. The first-order valence-electron chi connectivity index (χ1n) is 9.83. The maximum Gasteiger partial charge on any atom is 0.140 e. The Morgan fingerprint density at radius 3 is 2.54 bits per heavy atom. The van der Waals surface area contributed by atoms with Crippen molar-refractivity contribution in [3.8, 4) is 11.4 Å². The van der Waals surface area contributed by atoms with Gasteiger partial charge in [-0.1, -0.05) is 25.7 Å². The summed E-state index contributed by atoms with van der Waals surface area (Å²) in [5, 5.41) is 0. The monoisotopic (exact) mass is 355 g/mol. The Morgan fingerprint density at radius 2 is 1.81 bits per heavy atom. The van der Waals surface area contributed by atoms with Crippen LogP contribution in [0.4, 0.5) is 5.82 Å². The van der Waals surface area contributed by atoms with E-state index < -0.39 is 0 Å². The van der Waals surface area contributed by atoms with E-state index in [9.17, 15) is 0 Å². The lowest BCUT2D eigenvalue weighted by atomic mass is 9.87. The van der Waals surface area contributed by atoms with Crippen molar-refractivity contribution in [2.75, 3.05) is 32.0 Å². The van der Waals surface area contributed by atoms with Gasteiger partial charge in [-0.25, -0.2) is 9.97 Å². The molecule has 0 amide bonds. The van der Waals surface area contributed by atoms with Crippen LogP contribution in [-0.4, -0.2) is 51.3 Å². The third-order valence-corrected chi connectivity index (χ3v) is 5.94. The van der Waals surface area contributed by atoms with Crippen LogP contribution >= 0.6 is 0 Å². The van der Waals surface area contributed by atoms with Crippen LogP contribution in [0.2, 0.25) is 0 Å². The highest BCUT2D eigenvalue weighted by atomic mass is 16.5. The van der Waals surface area contributed by atoms with Crippen molar-refractivity contribution in [2.24, 2.45) is 0 Å². The molecule has 26 heavy (non-hydrogen) atoms. The summed E-state index contributed by atoms with van der Waals surface area (Å²) >= 11 is 0. The highest BCUT2D eigenvalue weighted by molar-refractivity contribution is 5.58. The van der Waals surface area contributed by atoms with Gasteiger partial charge in [0.15, 0.2) is 0 Å². The number of ether oxygens (including phenoxy) is 1. The molecule has 1 aliphatic carbocycles. The molecular formula is C20H29N5O. The number of nitrogen functional groups attached to an aromatic ring is 1. The van der Waals surface area contributed by atoms with Crippen molar-refractivity contribution in [1.29, 1.82) is 0 Å². The van der Waals surface area contributed by atoms with Gasteiger partial charge >= 0.3 is 0 Å². The van der Waals surface area contributed by atoms with E-state index in [0.717, 1.165) is 44.2 Å². The van der Waals surface area contributed by atoms with Crippen LogP contribution in [0.5, 0.6) is 0 Å². The molecule has 3 heterocycles. The van der Waals surface area contributed by atoms with Crippen molar-refractivity contribution < 1.29 is 4.74 Å². The molecule has 2 N–H and O–H groups in total. The molecule has 2 aliphatic rings. The maximum atomic E-state index is 5.89. The smallest absolute Gasteiger partial charge is 0.140 e. The summed E-state index contributed by atoms with van der Waals surface area (Å²) in [5.74, 6) is 1.52. The summed E-state index contributed by atoms with van der Waals surface area (Å²) in [7, 11) is 0. The second kappa shape index (κ2) is 7.76. The van der Waals surface area contributed by atoms with Crippen molar-refractivity contribution in [3.05, 3.63) is 30.7 Å². The van der Waals surface area contributed by atoms with Crippen LogP contribution in [0.15, 0.2) is 30.7 Å². The largest absolute Gasteiger partial charge is 0.384 e. The number of hydrogen-bond donors (Lipinski definition) is 1. The van der Waals surface area contributed by atoms with Crippen LogP contribution < -0.4 is 5.73 Å². The molecule has 0 unspecified atom stereocenters. The zero-order valence-electron chi connectivity index (χ0n) is 15.4. The normalized spacial score (nSPS) is 21.4. The highest BCUT2D eigenvalue weighted by Gasteiger charge is 2.38. The molecule has 0 radical (unpaired) electrons. The lowest BCUT2D eigenvalue weighted by molar-refractivity contribution is -0.0359. The Morgan fingerprint density at radius 1 is 1.04 bits per heavy atom. The minimum absolute atomic E-state index is 0.203. The summed E-state index contributed by atoms with van der Waals surface area (Å²) in [6, 6.07) is 3.90. The molecule has 2 fully saturated rings. The molecule has 0 bridgehead atoms. The molecule has 0 atom stereocenters. The van der Waals surface area contributed by atoms with Crippen molar-refractivity contribution >= 4 is 5.82 Å². The number of aromatic nitrogens is 3. The van der Waals surface area contributed by atoms with Crippen LogP contribution in [0.1, 0.15) is 38.5 Å². The standard InChI is InChI=1S/C20H29N5O/c21-18-15-17(5-8-22-18)19-23-9-10-24(19)16-20(6-3-1-2-4-7-20)25-11-13-26-14-12-25/h5,8-10,15H,1-4,6-7,11-14,16H2,(H2,21,22). The second-order valence-electron chi connectivity index (χ2n) is 7.59. The summed E-state index contributed by atoms with van der Waals surface area (Å²) in [6.45, 7) is 4.74. The lowest BCUT2D eigenvalue weighted by Crippen LogP contribution is -2.55.